The van der Waals surface area contributed by atoms with Crippen molar-refractivity contribution < 1.29 is 12.9 Å². The molecule has 0 saturated carbocycles. The standard InChI is InChI=1S/C16H24N4O3S/c1-11-5-6-14(9-12(11)2)24(21,22)18-8-7-16-19-15(20-23-16)10-13(3)17-4/h5-6,9,13,17-18H,7-8,10H2,1-4H3. The Bertz CT molecular complexity index is 786. The monoisotopic (exact) mass is 352 g/mol. The number of nitrogens with one attached hydrogen (secondary N) is 2. The molecule has 1 atom stereocenters. The van der Waals surface area contributed by atoms with E-state index in [1.165, 1.54) is 0 Å². The first-order chi connectivity index (χ1) is 11.3. The molecule has 0 saturated heterocycles. The maximum Gasteiger partial charge on any atom is 0.240 e. The third-order valence-corrected chi connectivity index (χ3v) is 5.37. The van der Waals surface area contributed by atoms with E-state index in [4.69, 9.17) is 4.52 Å². The van der Waals surface area contributed by atoms with Crippen LogP contribution in [0.25, 0.3) is 0 Å². The van der Waals surface area contributed by atoms with Gasteiger partial charge in [-0.15, -0.1) is 0 Å². The Morgan fingerprint density at radius 1 is 1.25 bits per heavy atom. The van der Waals surface area contributed by atoms with Crippen molar-refractivity contribution in [3.8, 4) is 0 Å². The first-order valence-electron chi connectivity index (χ1n) is 7.87. The SMILES string of the molecule is CNC(C)Cc1noc(CCNS(=O)(=O)c2ccc(C)c(C)c2)n1. The predicted molar refractivity (Wildman–Crippen MR) is 91.3 cm³/mol. The van der Waals surface area contributed by atoms with Crippen molar-refractivity contribution in [1.29, 1.82) is 0 Å². The highest BCUT2D eigenvalue weighted by Gasteiger charge is 2.15. The number of benzene rings is 1. The number of hydrogen-bond donors (Lipinski definition) is 2. The zero-order valence-electron chi connectivity index (χ0n) is 14.5. The normalized spacial score (nSPS) is 13.2. The molecule has 2 rings (SSSR count). The molecule has 24 heavy (non-hydrogen) atoms. The highest BCUT2D eigenvalue weighted by molar-refractivity contribution is 7.89. The van der Waals surface area contributed by atoms with Gasteiger partial charge in [0, 0.05) is 25.4 Å². The minimum Gasteiger partial charge on any atom is -0.339 e. The quantitative estimate of drug-likeness (QED) is 0.744. The van der Waals surface area contributed by atoms with Crippen LogP contribution in [-0.2, 0) is 22.9 Å². The second-order valence-corrected chi connectivity index (χ2v) is 7.66. The Morgan fingerprint density at radius 2 is 2.00 bits per heavy atom. The van der Waals surface area contributed by atoms with E-state index in [0.717, 1.165) is 11.1 Å². The summed E-state index contributed by atoms with van der Waals surface area (Å²) in [5.41, 5.74) is 2.00. The van der Waals surface area contributed by atoms with Crippen LogP contribution in [0.1, 0.15) is 29.8 Å². The third-order valence-electron chi connectivity index (χ3n) is 3.91. The maximum atomic E-state index is 12.3. The highest BCUT2D eigenvalue weighted by atomic mass is 32.2. The van der Waals surface area contributed by atoms with Gasteiger partial charge in [0.1, 0.15) is 0 Å². The summed E-state index contributed by atoms with van der Waals surface area (Å²) in [6.07, 6.45) is 1.01. The van der Waals surface area contributed by atoms with E-state index in [2.05, 4.69) is 20.2 Å². The van der Waals surface area contributed by atoms with Crippen LogP contribution in [0, 0.1) is 13.8 Å². The van der Waals surface area contributed by atoms with Gasteiger partial charge in [-0.1, -0.05) is 11.2 Å². The Morgan fingerprint density at radius 3 is 2.67 bits per heavy atom. The number of sulfonamides is 1. The molecule has 1 aromatic heterocycles. The van der Waals surface area contributed by atoms with Gasteiger partial charge in [-0.2, -0.15) is 4.98 Å². The van der Waals surface area contributed by atoms with Crippen molar-refractivity contribution in [2.75, 3.05) is 13.6 Å². The third kappa shape index (κ3) is 4.86. The van der Waals surface area contributed by atoms with E-state index < -0.39 is 10.0 Å². The maximum absolute atomic E-state index is 12.3. The smallest absolute Gasteiger partial charge is 0.240 e. The first kappa shape index (κ1) is 18.6. The zero-order valence-corrected chi connectivity index (χ0v) is 15.3. The number of rotatable bonds is 8. The molecule has 2 aromatic rings. The van der Waals surface area contributed by atoms with Gasteiger partial charge in [-0.25, -0.2) is 13.1 Å². The molecule has 0 bridgehead atoms. The van der Waals surface area contributed by atoms with Crippen LogP contribution < -0.4 is 10.0 Å². The van der Waals surface area contributed by atoms with E-state index in [1.54, 1.807) is 18.2 Å². The fourth-order valence-electron chi connectivity index (χ4n) is 2.11. The number of hydrogen-bond acceptors (Lipinski definition) is 6. The molecule has 1 heterocycles. The molecule has 1 unspecified atom stereocenters. The molecular weight excluding hydrogens is 328 g/mol. The average Bonchev–Trinajstić information content (AvgIpc) is 2.97. The number of aromatic nitrogens is 2. The summed E-state index contributed by atoms with van der Waals surface area (Å²) < 4.78 is 32.3. The van der Waals surface area contributed by atoms with Gasteiger partial charge in [-0.05, 0) is 51.1 Å². The van der Waals surface area contributed by atoms with Crippen molar-refractivity contribution in [3.63, 3.8) is 0 Å². The lowest BCUT2D eigenvalue weighted by Gasteiger charge is -2.07. The van der Waals surface area contributed by atoms with Gasteiger partial charge in [0.15, 0.2) is 5.82 Å². The molecule has 0 aliphatic rings. The van der Waals surface area contributed by atoms with Gasteiger partial charge in [-0.3, -0.25) is 0 Å². The summed E-state index contributed by atoms with van der Waals surface area (Å²) in [4.78, 5) is 4.53. The molecule has 0 aliphatic heterocycles. The average molecular weight is 352 g/mol. The van der Waals surface area contributed by atoms with E-state index >= 15 is 0 Å². The molecule has 0 aliphatic carbocycles. The van der Waals surface area contributed by atoms with Crippen molar-refractivity contribution >= 4 is 10.0 Å². The largest absolute Gasteiger partial charge is 0.339 e. The number of nitrogens with zero attached hydrogens (tertiary/aromatic N) is 2. The lowest BCUT2D eigenvalue weighted by Crippen LogP contribution is -2.26. The summed E-state index contributed by atoms with van der Waals surface area (Å²) in [6, 6.07) is 5.33. The molecule has 0 amide bonds. The number of aryl methyl sites for hydroxylation is 2. The van der Waals surface area contributed by atoms with Crippen molar-refractivity contribution in [2.45, 2.75) is 44.6 Å². The van der Waals surface area contributed by atoms with Gasteiger partial charge in [0.05, 0.1) is 4.90 Å². The molecule has 0 radical (unpaired) electrons. The van der Waals surface area contributed by atoms with Crippen LogP contribution in [0.3, 0.4) is 0 Å². The molecule has 1 aromatic carbocycles. The van der Waals surface area contributed by atoms with Crippen LogP contribution in [0.2, 0.25) is 0 Å². The van der Waals surface area contributed by atoms with Crippen molar-refractivity contribution in [2.24, 2.45) is 0 Å². The van der Waals surface area contributed by atoms with Crippen molar-refractivity contribution in [3.05, 3.63) is 41.0 Å². The van der Waals surface area contributed by atoms with Crippen LogP contribution in [0.5, 0.6) is 0 Å². The molecule has 2 N–H and O–H groups in total. The minimum atomic E-state index is -3.54. The van der Waals surface area contributed by atoms with Crippen LogP contribution in [0.4, 0.5) is 0 Å². The van der Waals surface area contributed by atoms with Crippen molar-refractivity contribution in [1.82, 2.24) is 20.2 Å². The summed E-state index contributed by atoms with van der Waals surface area (Å²) in [7, 11) is -1.67. The van der Waals surface area contributed by atoms with E-state index in [-0.39, 0.29) is 17.5 Å². The van der Waals surface area contributed by atoms with Crippen LogP contribution in [-0.4, -0.2) is 38.2 Å². The Balaban J connectivity index is 1.92. The molecule has 8 heteroatoms. The molecule has 7 nitrogen and oxygen atoms in total. The Hall–Kier alpha value is -1.77. The Kier molecular flexibility index (Phi) is 6.09. The number of likely N-dealkylation sites (N-methyl/N-ethyl adjacent to an activating group) is 1. The fraction of sp³-hybridized carbons (Fsp3) is 0.500. The van der Waals surface area contributed by atoms with Crippen LogP contribution in [0.15, 0.2) is 27.6 Å². The fourth-order valence-corrected chi connectivity index (χ4v) is 3.22. The zero-order chi connectivity index (χ0) is 17.7. The van der Waals surface area contributed by atoms with E-state index in [9.17, 15) is 8.42 Å². The lowest BCUT2D eigenvalue weighted by atomic mass is 10.1. The second kappa shape index (κ2) is 7.87. The summed E-state index contributed by atoms with van der Waals surface area (Å²) in [5, 5.41) is 6.99. The van der Waals surface area contributed by atoms with Gasteiger partial charge in [0.25, 0.3) is 0 Å². The van der Waals surface area contributed by atoms with Crippen LogP contribution >= 0.6 is 0 Å². The molecule has 0 fully saturated rings. The molecule has 0 spiro atoms. The molecular formula is C16H24N4O3S. The van der Waals surface area contributed by atoms with E-state index in [0.29, 0.717) is 24.6 Å². The second-order valence-electron chi connectivity index (χ2n) is 5.89. The van der Waals surface area contributed by atoms with Gasteiger partial charge >= 0.3 is 0 Å². The van der Waals surface area contributed by atoms with Gasteiger partial charge < -0.3 is 9.84 Å². The summed E-state index contributed by atoms with van der Waals surface area (Å²) in [5.74, 6) is 1.04. The molecule has 132 valence electrons. The van der Waals surface area contributed by atoms with E-state index in [1.807, 2.05) is 27.8 Å². The lowest BCUT2D eigenvalue weighted by molar-refractivity contribution is 0.371. The topological polar surface area (TPSA) is 97.1 Å². The minimum absolute atomic E-state index is 0.207. The van der Waals surface area contributed by atoms with Gasteiger partial charge in [0.2, 0.25) is 15.9 Å². The summed E-state index contributed by atoms with van der Waals surface area (Å²) in [6.45, 7) is 6.06. The first-order valence-corrected chi connectivity index (χ1v) is 9.36. The Labute approximate surface area is 142 Å². The summed E-state index contributed by atoms with van der Waals surface area (Å²) >= 11 is 0. The highest BCUT2D eigenvalue weighted by Crippen LogP contribution is 2.14. The predicted octanol–water partition coefficient (Wildman–Crippen LogP) is 1.36.